The molecule has 0 amide bonds. The first-order chi connectivity index (χ1) is 7.12. The van der Waals surface area contributed by atoms with Crippen molar-refractivity contribution in [3.05, 3.63) is 40.9 Å². The minimum Gasteiger partial charge on any atom is -0.207 e. The van der Waals surface area contributed by atoms with E-state index < -0.39 is 10.0 Å². The van der Waals surface area contributed by atoms with Crippen LogP contribution < -0.4 is 0 Å². The number of hydrogen-bond acceptors (Lipinski definition) is 2. The molecule has 80 valence electrons. The van der Waals surface area contributed by atoms with Crippen molar-refractivity contribution in [2.24, 2.45) is 0 Å². The number of benzene rings is 1. The Morgan fingerprint density at radius 3 is 2.33 bits per heavy atom. The van der Waals surface area contributed by atoms with E-state index in [1.54, 1.807) is 24.3 Å². The molecule has 0 aliphatic carbocycles. The average molecular weight is 288 g/mol. The molecular weight excluding hydrogens is 278 g/mol. The van der Waals surface area contributed by atoms with Gasteiger partial charge in [-0.15, -0.1) is 0 Å². The quantitative estimate of drug-likeness (QED) is 0.781. The molecule has 1 aromatic rings. The summed E-state index contributed by atoms with van der Waals surface area (Å²) in [5, 5.41) is 0. The molecular formula is C10H10BrNO2S. The van der Waals surface area contributed by atoms with Gasteiger partial charge in [0.25, 0.3) is 0 Å². The Kier molecular flexibility index (Phi) is 2.95. The van der Waals surface area contributed by atoms with Crippen molar-refractivity contribution in [3.63, 3.8) is 0 Å². The number of nitrogens with zero attached hydrogens (tertiary/aromatic N) is 1. The molecule has 0 saturated carbocycles. The normalized spacial score (nSPS) is 17.1. The lowest BCUT2D eigenvalue weighted by atomic mass is 10.4. The van der Waals surface area contributed by atoms with Crippen molar-refractivity contribution in [1.82, 2.24) is 4.31 Å². The number of rotatable bonds is 2. The summed E-state index contributed by atoms with van der Waals surface area (Å²) < 4.78 is 26.3. The molecule has 5 heteroatoms. The summed E-state index contributed by atoms with van der Waals surface area (Å²) in [6, 6.07) is 6.86. The molecule has 2 rings (SSSR count). The van der Waals surface area contributed by atoms with Gasteiger partial charge in [0.15, 0.2) is 0 Å². The fourth-order valence-electron chi connectivity index (χ4n) is 1.45. The molecule has 0 spiro atoms. The predicted octanol–water partition coefficient (Wildman–Crippen LogP) is 2.01. The van der Waals surface area contributed by atoms with Crippen LogP contribution in [0.25, 0.3) is 0 Å². The molecule has 1 aromatic carbocycles. The van der Waals surface area contributed by atoms with Gasteiger partial charge in [0.05, 0.1) is 4.90 Å². The Morgan fingerprint density at radius 2 is 1.73 bits per heavy atom. The molecule has 1 aliphatic rings. The van der Waals surface area contributed by atoms with Crippen molar-refractivity contribution in [2.45, 2.75) is 4.90 Å². The van der Waals surface area contributed by atoms with Crippen molar-refractivity contribution in [1.29, 1.82) is 0 Å². The molecule has 0 fully saturated rings. The maximum Gasteiger partial charge on any atom is 0.244 e. The monoisotopic (exact) mass is 287 g/mol. The van der Waals surface area contributed by atoms with E-state index in [1.165, 1.54) is 4.31 Å². The van der Waals surface area contributed by atoms with Crippen LogP contribution in [0, 0.1) is 0 Å². The average Bonchev–Trinajstić information content (AvgIpc) is 2.71. The topological polar surface area (TPSA) is 37.4 Å². The van der Waals surface area contributed by atoms with Gasteiger partial charge in [0.1, 0.15) is 0 Å². The smallest absolute Gasteiger partial charge is 0.207 e. The number of halogens is 1. The molecule has 1 aliphatic heterocycles. The van der Waals surface area contributed by atoms with E-state index in [2.05, 4.69) is 15.9 Å². The standard InChI is InChI=1S/C10H10BrNO2S/c11-9-5-1-2-6-10(9)15(13,14)12-7-3-4-8-12/h1-6H,7-8H2. The van der Waals surface area contributed by atoms with Gasteiger partial charge in [-0.05, 0) is 28.1 Å². The highest BCUT2D eigenvalue weighted by atomic mass is 79.9. The first-order valence-corrected chi connectivity index (χ1v) is 6.75. The fourth-order valence-corrected chi connectivity index (χ4v) is 3.75. The van der Waals surface area contributed by atoms with Crippen LogP contribution in [0.4, 0.5) is 0 Å². The van der Waals surface area contributed by atoms with Gasteiger partial charge in [-0.1, -0.05) is 24.3 Å². The second kappa shape index (κ2) is 4.08. The molecule has 15 heavy (non-hydrogen) atoms. The zero-order valence-corrected chi connectivity index (χ0v) is 10.3. The van der Waals surface area contributed by atoms with Gasteiger partial charge in [-0.25, -0.2) is 8.42 Å². The van der Waals surface area contributed by atoms with E-state index in [4.69, 9.17) is 0 Å². The molecule has 0 bridgehead atoms. The van der Waals surface area contributed by atoms with Crippen LogP contribution in [-0.4, -0.2) is 25.8 Å². The highest BCUT2D eigenvalue weighted by molar-refractivity contribution is 9.10. The van der Waals surface area contributed by atoms with E-state index in [1.807, 2.05) is 12.2 Å². The highest BCUT2D eigenvalue weighted by Crippen LogP contribution is 2.25. The van der Waals surface area contributed by atoms with Crippen molar-refractivity contribution in [3.8, 4) is 0 Å². The molecule has 0 saturated heterocycles. The van der Waals surface area contributed by atoms with Crippen molar-refractivity contribution < 1.29 is 8.42 Å². The Labute approximate surface area is 97.6 Å². The molecule has 1 heterocycles. The molecule has 0 aromatic heterocycles. The van der Waals surface area contributed by atoms with E-state index in [9.17, 15) is 8.42 Å². The first-order valence-electron chi connectivity index (χ1n) is 4.52. The van der Waals surface area contributed by atoms with Crippen LogP contribution in [-0.2, 0) is 10.0 Å². The summed E-state index contributed by atoms with van der Waals surface area (Å²) >= 11 is 3.25. The zero-order valence-electron chi connectivity index (χ0n) is 7.93. The largest absolute Gasteiger partial charge is 0.244 e. The maximum atomic E-state index is 12.1. The Bertz CT molecular complexity index is 488. The maximum absolute atomic E-state index is 12.1. The van der Waals surface area contributed by atoms with Gasteiger partial charge >= 0.3 is 0 Å². The molecule has 3 nitrogen and oxygen atoms in total. The molecule has 0 radical (unpaired) electrons. The van der Waals surface area contributed by atoms with E-state index in [0.717, 1.165) is 0 Å². The highest BCUT2D eigenvalue weighted by Gasteiger charge is 2.26. The van der Waals surface area contributed by atoms with Crippen LogP contribution in [0.3, 0.4) is 0 Å². The van der Waals surface area contributed by atoms with Crippen LogP contribution in [0.15, 0.2) is 45.8 Å². The van der Waals surface area contributed by atoms with Crippen LogP contribution in [0.5, 0.6) is 0 Å². The lowest BCUT2D eigenvalue weighted by Gasteiger charge is -2.16. The zero-order chi connectivity index (χ0) is 10.9. The van der Waals surface area contributed by atoms with Crippen molar-refractivity contribution >= 4 is 26.0 Å². The molecule has 0 N–H and O–H groups in total. The molecule has 0 unspecified atom stereocenters. The summed E-state index contributed by atoms with van der Waals surface area (Å²) in [5.41, 5.74) is 0. The summed E-state index contributed by atoms with van der Waals surface area (Å²) in [5.74, 6) is 0. The first kappa shape index (κ1) is 10.9. The third-order valence-corrected chi connectivity index (χ3v) is 5.08. The minimum atomic E-state index is -3.35. The van der Waals surface area contributed by atoms with Gasteiger partial charge in [-0.2, -0.15) is 4.31 Å². The third kappa shape index (κ3) is 2.00. The Morgan fingerprint density at radius 1 is 1.13 bits per heavy atom. The lowest BCUT2D eigenvalue weighted by Crippen LogP contribution is -2.28. The summed E-state index contributed by atoms with van der Waals surface area (Å²) in [4.78, 5) is 0.328. The van der Waals surface area contributed by atoms with E-state index in [0.29, 0.717) is 22.5 Å². The van der Waals surface area contributed by atoms with Crippen LogP contribution in [0.2, 0.25) is 0 Å². The minimum absolute atomic E-state index is 0.328. The van der Waals surface area contributed by atoms with Crippen LogP contribution in [0.1, 0.15) is 0 Å². The summed E-state index contributed by atoms with van der Waals surface area (Å²) in [6.45, 7) is 0.924. The van der Waals surface area contributed by atoms with Crippen molar-refractivity contribution in [2.75, 3.05) is 13.1 Å². The number of hydrogen-bond donors (Lipinski definition) is 0. The van der Waals surface area contributed by atoms with Gasteiger partial charge in [-0.3, -0.25) is 0 Å². The van der Waals surface area contributed by atoms with Crippen LogP contribution >= 0.6 is 15.9 Å². The van der Waals surface area contributed by atoms with E-state index >= 15 is 0 Å². The summed E-state index contributed by atoms with van der Waals surface area (Å²) in [7, 11) is -3.35. The summed E-state index contributed by atoms with van der Waals surface area (Å²) in [6.07, 6.45) is 3.71. The SMILES string of the molecule is O=S(=O)(c1ccccc1Br)N1CC=CC1. The predicted molar refractivity (Wildman–Crippen MR) is 62.0 cm³/mol. The fraction of sp³-hybridized carbons (Fsp3) is 0.200. The Balaban J connectivity index is 2.42. The second-order valence-electron chi connectivity index (χ2n) is 3.22. The lowest BCUT2D eigenvalue weighted by molar-refractivity contribution is 0.487. The van der Waals surface area contributed by atoms with Gasteiger partial charge in [0.2, 0.25) is 10.0 Å². The van der Waals surface area contributed by atoms with E-state index in [-0.39, 0.29) is 0 Å². The number of sulfonamides is 1. The third-order valence-electron chi connectivity index (χ3n) is 2.24. The van der Waals surface area contributed by atoms with Gasteiger partial charge < -0.3 is 0 Å². The van der Waals surface area contributed by atoms with Gasteiger partial charge in [0, 0.05) is 17.6 Å². The Hall–Kier alpha value is -0.650. The second-order valence-corrected chi connectivity index (χ2v) is 5.98. The molecule has 0 atom stereocenters.